The molecule has 1 aromatic carbocycles. The van der Waals surface area contributed by atoms with Gasteiger partial charge in [0.2, 0.25) is 5.95 Å². The molecular formula is C14H21ClN4. The number of rotatable bonds is 6. The quantitative estimate of drug-likeness (QED) is 0.885. The average molecular weight is 281 g/mol. The van der Waals surface area contributed by atoms with Crippen molar-refractivity contribution in [2.24, 2.45) is 0 Å². The summed E-state index contributed by atoms with van der Waals surface area (Å²) in [5, 5.41) is 0.695. The summed E-state index contributed by atoms with van der Waals surface area (Å²) in [6.07, 6.45) is 1.07. The molecule has 0 unspecified atom stereocenters. The lowest BCUT2D eigenvalue weighted by Gasteiger charge is -2.18. The van der Waals surface area contributed by atoms with E-state index in [4.69, 9.17) is 17.3 Å². The first-order chi connectivity index (χ1) is 9.15. The molecule has 0 saturated heterocycles. The number of hydrogen-bond acceptors (Lipinski definition) is 3. The Bertz CT molecular complexity index is 546. The molecule has 0 saturated carbocycles. The van der Waals surface area contributed by atoms with Crippen LogP contribution in [0.4, 0.5) is 5.95 Å². The molecule has 0 bridgehead atoms. The fraction of sp³-hybridized carbons (Fsp3) is 0.500. The predicted molar refractivity (Wildman–Crippen MR) is 81.6 cm³/mol. The maximum Gasteiger partial charge on any atom is 0.201 e. The van der Waals surface area contributed by atoms with Gasteiger partial charge in [0, 0.05) is 11.6 Å². The van der Waals surface area contributed by atoms with Crippen LogP contribution < -0.4 is 5.73 Å². The molecule has 2 N–H and O–H groups in total. The third-order valence-electron chi connectivity index (χ3n) is 3.49. The van der Waals surface area contributed by atoms with Gasteiger partial charge in [0.1, 0.15) is 0 Å². The van der Waals surface area contributed by atoms with Crippen LogP contribution in [0.1, 0.15) is 20.3 Å². The highest BCUT2D eigenvalue weighted by Gasteiger charge is 2.08. The number of fused-ring (bicyclic) bond motifs is 1. The number of hydrogen-bond donors (Lipinski definition) is 1. The van der Waals surface area contributed by atoms with E-state index >= 15 is 0 Å². The zero-order chi connectivity index (χ0) is 13.8. The second-order valence-electron chi connectivity index (χ2n) is 4.64. The molecule has 2 aromatic rings. The van der Waals surface area contributed by atoms with E-state index in [0.717, 1.165) is 43.6 Å². The molecule has 4 nitrogen and oxygen atoms in total. The van der Waals surface area contributed by atoms with Crippen LogP contribution in [0, 0.1) is 0 Å². The summed E-state index contributed by atoms with van der Waals surface area (Å²) in [6, 6.07) is 5.72. The standard InChI is InChI=1S/C14H21ClN4/c1-3-18(4-2)8-5-9-19-13-7-6-11(15)10-12(13)17-14(19)16/h6-7,10H,3-5,8-9H2,1-2H3,(H2,16,17). The molecule has 0 aliphatic carbocycles. The van der Waals surface area contributed by atoms with Crippen molar-refractivity contribution in [3.05, 3.63) is 23.2 Å². The number of nitrogen functional groups attached to an aromatic ring is 1. The van der Waals surface area contributed by atoms with E-state index in [-0.39, 0.29) is 0 Å². The van der Waals surface area contributed by atoms with Crippen molar-refractivity contribution in [2.45, 2.75) is 26.8 Å². The Balaban J connectivity index is 2.10. The van der Waals surface area contributed by atoms with Crippen LogP contribution in [-0.4, -0.2) is 34.1 Å². The first-order valence-electron chi connectivity index (χ1n) is 6.79. The summed E-state index contributed by atoms with van der Waals surface area (Å²) in [6.45, 7) is 8.53. The van der Waals surface area contributed by atoms with Gasteiger partial charge in [-0.05, 0) is 44.3 Å². The molecule has 1 aromatic heterocycles. The van der Waals surface area contributed by atoms with Crippen molar-refractivity contribution in [3.8, 4) is 0 Å². The van der Waals surface area contributed by atoms with Crippen molar-refractivity contribution in [1.82, 2.24) is 14.5 Å². The smallest absolute Gasteiger partial charge is 0.201 e. The first kappa shape index (κ1) is 14.2. The second-order valence-corrected chi connectivity index (χ2v) is 5.07. The summed E-state index contributed by atoms with van der Waals surface area (Å²) >= 11 is 5.97. The Kier molecular flexibility index (Phi) is 4.66. The Labute approximate surface area is 119 Å². The normalized spacial score (nSPS) is 11.6. The molecular weight excluding hydrogens is 260 g/mol. The summed E-state index contributed by atoms with van der Waals surface area (Å²) in [5.74, 6) is 0.566. The summed E-state index contributed by atoms with van der Waals surface area (Å²) in [7, 11) is 0. The maximum absolute atomic E-state index is 5.98. The number of imidazole rings is 1. The topological polar surface area (TPSA) is 47.1 Å². The number of benzene rings is 1. The molecule has 0 radical (unpaired) electrons. The van der Waals surface area contributed by atoms with Crippen LogP contribution in [0.2, 0.25) is 5.02 Å². The van der Waals surface area contributed by atoms with E-state index in [0.29, 0.717) is 11.0 Å². The Morgan fingerprint density at radius 1 is 1.32 bits per heavy atom. The molecule has 0 fully saturated rings. The highest BCUT2D eigenvalue weighted by molar-refractivity contribution is 6.31. The van der Waals surface area contributed by atoms with E-state index in [1.807, 2.05) is 18.2 Å². The lowest BCUT2D eigenvalue weighted by molar-refractivity contribution is 0.294. The van der Waals surface area contributed by atoms with Crippen molar-refractivity contribution >= 4 is 28.6 Å². The number of aromatic nitrogens is 2. The first-order valence-corrected chi connectivity index (χ1v) is 7.17. The van der Waals surface area contributed by atoms with Crippen molar-refractivity contribution in [3.63, 3.8) is 0 Å². The molecule has 5 heteroatoms. The maximum atomic E-state index is 5.98. The monoisotopic (exact) mass is 280 g/mol. The second kappa shape index (κ2) is 6.26. The lowest BCUT2D eigenvalue weighted by atomic mass is 10.3. The molecule has 19 heavy (non-hydrogen) atoms. The molecule has 0 amide bonds. The van der Waals surface area contributed by atoms with Crippen LogP contribution in [0.3, 0.4) is 0 Å². The van der Waals surface area contributed by atoms with Gasteiger partial charge in [-0.25, -0.2) is 4.98 Å². The van der Waals surface area contributed by atoms with Gasteiger partial charge in [-0.15, -0.1) is 0 Å². The Morgan fingerprint density at radius 2 is 2.05 bits per heavy atom. The minimum Gasteiger partial charge on any atom is -0.369 e. The van der Waals surface area contributed by atoms with Crippen LogP contribution >= 0.6 is 11.6 Å². The number of anilines is 1. The molecule has 0 aliphatic heterocycles. The number of aryl methyl sites for hydroxylation is 1. The van der Waals surface area contributed by atoms with Crippen molar-refractivity contribution < 1.29 is 0 Å². The van der Waals surface area contributed by atoms with Crippen molar-refractivity contribution in [2.75, 3.05) is 25.4 Å². The minimum atomic E-state index is 0.566. The van der Waals surface area contributed by atoms with Gasteiger partial charge in [-0.1, -0.05) is 25.4 Å². The predicted octanol–water partition coefficient (Wildman–Crippen LogP) is 3.00. The van der Waals surface area contributed by atoms with E-state index < -0.39 is 0 Å². The van der Waals surface area contributed by atoms with Gasteiger partial charge in [0.25, 0.3) is 0 Å². The fourth-order valence-electron chi connectivity index (χ4n) is 2.35. The van der Waals surface area contributed by atoms with E-state index in [1.54, 1.807) is 0 Å². The number of halogens is 1. The van der Waals surface area contributed by atoms with Gasteiger partial charge in [-0.3, -0.25) is 0 Å². The highest BCUT2D eigenvalue weighted by Crippen LogP contribution is 2.21. The molecule has 0 aliphatic rings. The minimum absolute atomic E-state index is 0.566. The van der Waals surface area contributed by atoms with Gasteiger partial charge in [-0.2, -0.15) is 0 Å². The van der Waals surface area contributed by atoms with Gasteiger partial charge < -0.3 is 15.2 Å². The molecule has 1 heterocycles. The number of nitrogens with zero attached hydrogens (tertiary/aromatic N) is 3. The molecule has 104 valence electrons. The van der Waals surface area contributed by atoms with Crippen LogP contribution in [0.5, 0.6) is 0 Å². The third kappa shape index (κ3) is 3.19. The largest absolute Gasteiger partial charge is 0.369 e. The van der Waals surface area contributed by atoms with Gasteiger partial charge in [0.05, 0.1) is 11.0 Å². The van der Waals surface area contributed by atoms with E-state index in [1.165, 1.54) is 0 Å². The van der Waals surface area contributed by atoms with E-state index in [9.17, 15) is 0 Å². The summed E-state index contributed by atoms with van der Waals surface area (Å²) < 4.78 is 2.06. The third-order valence-corrected chi connectivity index (χ3v) is 3.73. The van der Waals surface area contributed by atoms with Crippen LogP contribution in [0.15, 0.2) is 18.2 Å². The highest BCUT2D eigenvalue weighted by atomic mass is 35.5. The summed E-state index contributed by atoms with van der Waals surface area (Å²) in [5.41, 5.74) is 7.91. The zero-order valence-electron chi connectivity index (χ0n) is 11.6. The van der Waals surface area contributed by atoms with Gasteiger partial charge >= 0.3 is 0 Å². The van der Waals surface area contributed by atoms with E-state index in [2.05, 4.69) is 28.3 Å². The van der Waals surface area contributed by atoms with Gasteiger partial charge in [0.15, 0.2) is 0 Å². The van der Waals surface area contributed by atoms with Crippen LogP contribution in [0.25, 0.3) is 11.0 Å². The zero-order valence-corrected chi connectivity index (χ0v) is 12.3. The fourth-order valence-corrected chi connectivity index (χ4v) is 2.52. The Morgan fingerprint density at radius 3 is 2.74 bits per heavy atom. The SMILES string of the molecule is CCN(CC)CCCn1c(N)nc2cc(Cl)ccc21. The average Bonchev–Trinajstić information content (AvgIpc) is 2.70. The van der Waals surface area contributed by atoms with Crippen LogP contribution in [-0.2, 0) is 6.54 Å². The Hall–Kier alpha value is -1.26. The molecule has 0 atom stereocenters. The lowest BCUT2D eigenvalue weighted by Crippen LogP contribution is -2.25. The summed E-state index contributed by atoms with van der Waals surface area (Å²) in [4.78, 5) is 6.76. The number of nitrogens with two attached hydrogens (primary N) is 1. The van der Waals surface area contributed by atoms with Crippen molar-refractivity contribution in [1.29, 1.82) is 0 Å². The molecule has 0 spiro atoms. The molecule has 2 rings (SSSR count).